The SMILES string of the molecule is CCCCCCCC(C)(C)[SiH2]c1sccc1Br. The number of unbranched alkanes of at least 4 members (excludes halogenated alkanes) is 4. The van der Waals surface area contributed by atoms with E-state index in [1.165, 1.54) is 43.0 Å². The summed E-state index contributed by atoms with van der Waals surface area (Å²) in [5.41, 5.74) is 0. The molecule has 1 aromatic heterocycles. The Bertz CT molecular complexity index is 320. The van der Waals surface area contributed by atoms with Gasteiger partial charge >= 0.3 is 0 Å². The lowest BCUT2D eigenvalue weighted by Crippen LogP contribution is -2.24. The average molecular weight is 333 g/mol. The molecule has 0 saturated heterocycles. The highest BCUT2D eigenvalue weighted by Crippen LogP contribution is 2.31. The van der Waals surface area contributed by atoms with E-state index >= 15 is 0 Å². The highest BCUT2D eigenvalue weighted by atomic mass is 79.9. The Hall–Kier alpha value is 0.397. The highest BCUT2D eigenvalue weighted by molar-refractivity contribution is 9.10. The van der Waals surface area contributed by atoms with E-state index in [1.807, 2.05) is 11.3 Å². The van der Waals surface area contributed by atoms with Gasteiger partial charge in [0.05, 0.1) is 9.52 Å². The van der Waals surface area contributed by atoms with Gasteiger partial charge in [-0.3, -0.25) is 0 Å². The van der Waals surface area contributed by atoms with Crippen LogP contribution in [0.3, 0.4) is 0 Å². The summed E-state index contributed by atoms with van der Waals surface area (Å²) >= 11 is 5.61. The van der Waals surface area contributed by atoms with Crippen molar-refractivity contribution in [3.63, 3.8) is 0 Å². The van der Waals surface area contributed by atoms with Crippen molar-refractivity contribution < 1.29 is 0 Å². The van der Waals surface area contributed by atoms with Crippen molar-refractivity contribution in [2.24, 2.45) is 0 Å². The van der Waals surface area contributed by atoms with E-state index < -0.39 is 0 Å². The van der Waals surface area contributed by atoms with Gasteiger partial charge in [0.1, 0.15) is 0 Å². The zero-order valence-corrected chi connectivity index (χ0v) is 15.2. The number of hydrogen-bond donors (Lipinski definition) is 0. The van der Waals surface area contributed by atoms with Gasteiger partial charge in [0, 0.05) is 4.47 Å². The predicted octanol–water partition coefficient (Wildman–Crippen LogP) is 4.86. The molecule has 0 aliphatic heterocycles. The molecular formula is C14H25BrSSi. The Labute approximate surface area is 121 Å². The molecule has 0 spiro atoms. The van der Waals surface area contributed by atoms with Crippen molar-refractivity contribution in [1.29, 1.82) is 0 Å². The zero-order chi connectivity index (χ0) is 12.7. The predicted molar refractivity (Wildman–Crippen MR) is 87.6 cm³/mol. The van der Waals surface area contributed by atoms with Gasteiger partial charge in [0.2, 0.25) is 0 Å². The third-order valence-electron chi connectivity index (χ3n) is 3.29. The van der Waals surface area contributed by atoms with Crippen LogP contribution in [0.2, 0.25) is 5.04 Å². The minimum absolute atomic E-state index is 0.138. The van der Waals surface area contributed by atoms with Crippen molar-refractivity contribution in [2.75, 3.05) is 0 Å². The summed E-state index contributed by atoms with van der Waals surface area (Å²) in [5.74, 6) is 0. The van der Waals surface area contributed by atoms with E-state index in [0.717, 1.165) is 0 Å². The fourth-order valence-corrected chi connectivity index (χ4v) is 7.12. The van der Waals surface area contributed by atoms with Crippen LogP contribution < -0.4 is 4.50 Å². The molecule has 1 rings (SSSR count). The molecule has 0 atom stereocenters. The van der Waals surface area contributed by atoms with E-state index in [4.69, 9.17) is 0 Å². The minimum atomic E-state index is -0.138. The minimum Gasteiger partial charge on any atom is -0.153 e. The topological polar surface area (TPSA) is 0 Å². The molecule has 0 fully saturated rings. The summed E-state index contributed by atoms with van der Waals surface area (Å²) in [6.45, 7) is 7.21. The standard InChI is InChI=1S/C14H25BrSSi/c1-4-5-6-7-8-10-14(2,3)17-13-12(15)9-11-16-13/h9,11H,4-8,10,17H2,1-3H3. The molecule has 0 aliphatic carbocycles. The van der Waals surface area contributed by atoms with E-state index in [2.05, 4.69) is 48.1 Å². The van der Waals surface area contributed by atoms with Crippen LogP contribution in [0, 0.1) is 0 Å². The molecule has 0 bridgehead atoms. The van der Waals surface area contributed by atoms with Gasteiger partial charge in [-0.1, -0.05) is 75.2 Å². The summed E-state index contributed by atoms with van der Waals surface area (Å²) in [4.78, 5) is 0. The molecule has 0 N–H and O–H groups in total. The van der Waals surface area contributed by atoms with Crippen LogP contribution in [-0.2, 0) is 0 Å². The Morgan fingerprint density at radius 3 is 2.53 bits per heavy atom. The molecule has 0 saturated carbocycles. The molecule has 0 unspecified atom stereocenters. The van der Waals surface area contributed by atoms with Crippen LogP contribution in [0.5, 0.6) is 0 Å². The first-order chi connectivity index (χ1) is 8.05. The maximum absolute atomic E-state index is 3.67. The van der Waals surface area contributed by atoms with Crippen molar-refractivity contribution in [2.45, 2.75) is 64.3 Å². The molecule has 1 heterocycles. The fraction of sp³-hybridized carbons (Fsp3) is 0.714. The summed E-state index contributed by atoms with van der Waals surface area (Å²) in [5, 5.41) is 2.79. The van der Waals surface area contributed by atoms with Crippen molar-refractivity contribution in [3.8, 4) is 0 Å². The summed E-state index contributed by atoms with van der Waals surface area (Å²) in [6, 6.07) is 2.20. The second-order valence-electron chi connectivity index (χ2n) is 5.70. The molecule has 0 amide bonds. The van der Waals surface area contributed by atoms with Gasteiger partial charge in [-0.15, -0.1) is 0 Å². The summed E-state index contributed by atoms with van der Waals surface area (Å²) in [7, 11) is -0.138. The molecule has 0 aromatic carbocycles. The summed E-state index contributed by atoms with van der Waals surface area (Å²) < 4.78 is 3.00. The van der Waals surface area contributed by atoms with Gasteiger partial charge in [-0.25, -0.2) is 0 Å². The fourth-order valence-electron chi connectivity index (χ4n) is 2.18. The van der Waals surface area contributed by atoms with Gasteiger partial charge < -0.3 is 0 Å². The third kappa shape index (κ3) is 6.21. The van der Waals surface area contributed by atoms with Crippen LogP contribution in [-0.4, -0.2) is 9.52 Å². The number of hydrogen-bond acceptors (Lipinski definition) is 1. The highest BCUT2D eigenvalue weighted by Gasteiger charge is 2.20. The molecular weight excluding hydrogens is 308 g/mol. The van der Waals surface area contributed by atoms with Crippen LogP contribution >= 0.6 is 27.3 Å². The Kier molecular flexibility index (Phi) is 7.04. The molecule has 3 heteroatoms. The Morgan fingerprint density at radius 2 is 1.94 bits per heavy atom. The third-order valence-corrected chi connectivity index (χ3v) is 8.53. The molecule has 17 heavy (non-hydrogen) atoms. The van der Waals surface area contributed by atoms with Crippen LogP contribution in [0.1, 0.15) is 59.3 Å². The van der Waals surface area contributed by atoms with Crippen molar-refractivity contribution >= 4 is 41.3 Å². The van der Waals surface area contributed by atoms with Crippen molar-refractivity contribution in [3.05, 3.63) is 15.9 Å². The number of rotatable bonds is 8. The van der Waals surface area contributed by atoms with Gasteiger partial charge in [0.15, 0.2) is 0 Å². The molecule has 0 aliphatic rings. The normalized spacial score (nSPS) is 12.7. The first-order valence-electron chi connectivity index (χ1n) is 6.77. The largest absolute Gasteiger partial charge is 0.153 e. The van der Waals surface area contributed by atoms with E-state index in [1.54, 1.807) is 4.50 Å². The van der Waals surface area contributed by atoms with E-state index in [-0.39, 0.29) is 9.52 Å². The second-order valence-corrected chi connectivity index (χ2v) is 11.0. The van der Waals surface area contributed by atoms with Gasteiger partial charge in [0.25, 0.3) is 0 Å². The maximum atomic E-state index is 3.67. The lowest BCUT2D eigenvalue weighted by Gasteiger charge is -2.23. The lowest BCUT2D eigenvalue weighted by atomic mass is 10.0. The Morgan fingerprint density at radius 1 is 1.24 bits per heavy atom. The molecule has 0 radical (unpaired) electrons. The molecule has 98 valence electrons. The smallest absolute Gasteiger partial charge is 0.0747 e. The van der Waals surface area contributed by atoms with Gasteiger partial charge in [-0.05, 0) is 21.0 Å². The van der Waals surface area contributed by atoms with Gasteiger partial charge in [-0.2, -0.15) is 11.3 Å². The average Bonchev–Trinajstić information content (AvgIpc) is 2.63. The van der Waals surface area contributed by atoms with Crippen LogP contribution in [0.25, 0.3) is 0 Å². The van der Waals surface area contributed by atoms with Crippen LogP contribution in [0.4, 0.5) is 0 Å². The van der Waals surface area contributed by atoms with E-state index in [0.29, 0.717) is 5.04 Å². The first kappa shape index (κ1) is 15.5. The maximum Gasteiger partial charge on any atom is 0.0747 e. The lowest BCUT2D eigenvalue weighted by molar-refractivity contribution is 0.531. The Balaban J connectivity index is 2.28. The number of halogens is 1. The molecule has 0 nitrogen and oxygen atoms in total. The zero-order valence-electron chi connectivity index (χ0n) is 11.4. The monoisotopic (exact) mass is 332 g/mol. The van der Waals surface area contributed by atoms with E-state index in [9.17, 15) is 0 Å². The first-order valence-corrected chi connectivity index (χ1v) is 9.86. The quantitative estimate of drug-likeness (QED) is 0.471. The second kappa shape index (κ2) is 7.75. The van der Waals surface area contributed by atoms with Crippen LogP contribution in [0.15, 0.2) is 15.9 Å². The molecule has 1 aromatic rings. The van der Waals surface area contributed by atoms with Crippen molar-refractivity contribution in [1.82, 2.24) is 0 Å². The number of thiophene rings is 1. The summed E-state index contributed by atoms with van der Waals surface area (Å²) in [6.07, 6.45) is 8.44.